The number of fused-ring (bicyclic) bond motifs is 1. The Balaban J connectivity index is 1.98. The number of hydrogen-bond acceptors (Lipinski definition) is 5. The van der Waals surface area contributed by atoms with Crippen molar-refractivity contribution in [3.05, 3.63) is 91.0 Å². The van der Waals surface area contributed by atoms with Gasteiger partial charge in [0.2, 0.25) is 0 Å². The molecule has 7 nitrogen and oxygen atoms in total. The molecule has 0 radical (unpaired) electrons. The number of rotatable bonds is 3. The van der Waals surface area contributed by atoms with Crippen LogP contribution in [0.1, 0.15) is 0 Å². The van der Waals surface area contributed by atoms with E-state index in [1.807, 2.05) is 91.0 Å². The summed E-state index contributed by atoms with van der Waals surface area (Å²) in [6.45, 7) is 0. The molecule has 0 saturated carbocycles. The summed E-state index contributed by atoms with van der Waals surface area (Å²) >= 11 is 0. The van der Waals surface area contributed by atoms with E-state index in [2.05, 4.69) is 15.6 Å². The van der Waals surface area contributed by atoms with Crippen LogP contribution < -0.4 is 17.0 Å². The van der Waals surface area contributed by atoms with Crippen LogP contribution in [0.5, 0.6) is 0 Å². The first kappa shape index (κ1) is 19.5. The zero-order chi connectivity index (χ0) is 22.1. The summed E-state index contributed by atoms with van der Waals surface area (Å²) in [5.41, 5.74) is 15.7. The zero-order valence-electron chi connectivity index (χ0n) is 17.1. The summed E-state index contributed by atoms with van der Waals surface area (Å²) in [4.78, 5) is 13.3. The number of amides is 1. The Hall–Kier alpha value is -4.49. The fraction of sp³-hybridized carbons (Fsp3) is 0. The molecule has 7 heteroatoms. The maximum atomic E-state index is 12.3. The SMILES string of the molecule is NNC(=O)n1nc2c(-c3ccccc3)c(N)c(-c3ccccc3)c(-c3ccccc3)c2n1. The molecule has 32 heavy (non-hydrogen) atoms. The lowest BCUT2D eigenvalue weighted by Crippen LogP contribution is -2.35. The number of nitrogens with one attached hydrogen (secondary N) is 1. The topological polar surface area (TPSA) is 112 Å². The highest BCUT2D eigenvalue weighted by molar-refractivity contribution is 6.14. The van der Waals surface area contributed by atoms with Gasteiger partial charge in [0.05, 0.1) is 5.69 Å². The van der Waals surface area contributed by atoms with E-state index in [0.717, 1.165) is 38.2 Å². The Labute approximate surface area is 184 Å². The van der Waals surface area contributed by atoms with Crippen LogP contribution in [-0.4, -0.2) is 21.0 Å². The second-order valence-corrected chi connectivity index (χ2v) is 7.27. The molecule has 0 aliphatic rings. The highest BCUT2D eigenvalue weighted by atomic mass is 16.2. The average molecular weight is 420 g/mol. The number of aromatic nitrogens is 3. The van der Waals surface area contributed by atoms with Crippen molar-refractivity contribution in [1.82, 2.24) is 20.4 Å². The van der Waals surface area contributed by atoms with Gasteiger partial charge in [-0.3, -0.25) is 5.43 Å². The molecule has 0 aliphatic carbocycles. The Bertz CT molecular complexity index is 1410. The molecule has 5 rings (SSSR count). The van der Waals surface area contributed by atoms with E-state index in [9.17, 15) is 4.79 Å². The molecular weight excluding hydrogens is 400 g/mol. The smallest absolute Gasteiger partial charge is 0.373 e. The number of carbonyl (C=O) groups excluding carboxylic acids is 1. The van der Waals surface area contributed by atoms with Crippen LogP contribution in [-0.2, 0) is 0 Å². The molecule has 0 aliphatic heterocycles. The van der Waals surface area contributed by atoms with Gasteiger partial charge in [0.25, 0.3) is 0 Å². The minimum atomic E-state index is -0.640. The van der Waals surface area contributed by atoms with Crippen LogP contribution in [0.2, 0.25) is 0 Å². The number of nitrogens with two attached hydrogens (primary N) is 2. The molecule has 5 aromatic rings. The Kier molecular flexibility index (Phi) is 4.85. The highest BCUT2D eigenvalue weighted by Crippen LogP contribution is 2.46. The number of benzene rings is 4. The third kappa shape index (κ3) is 3.17. The van der Waals surface area contributed by atoms with Crippen molar-refractivity contribution in [3.63, 3.8) is 0 Å². The Morgan fingerprint density at radius 3 is 1.53 bits per heavy atom. The molecule has 1 aromatic heterocycles. The summed E-state index contributed by atoms with van der Waals surface area (Å²) in [6.07, 6.45) is 0. The van der Waals surface area contributed by atoms with Crippen molar-refractivity contribution in [2.45, 2.75) is 0 Å². The molecule has 156 valence electrons. The van der Waals surface area contributed by atoms with Gasteiger partial charge in [-0.1, -0.05) is 95.8 Å². The number of nitrogen functional groups attached to an aromatic ring is 2. The predicted molar refractivity (Wildman–Crippen MR) is 126 cm³/mol. The third-order valence-electron chi connectivity index (χ3n) is 5.37. The standard InChI is InChI=1S/C25H20N6O/c26-22-19(16-10-4-1-5-11-16)20(17-12-6-2-7-13-17)23-24(30-31(29-23)25(32)28-27)21(22)18-14-8-3-9-15-18/h1-15H,26-27H2,(H,28,32). The maximum Gasteiger partial charge on any atom is 0.373 e. The molecular formula is C25H20N6O. The molecule has 0 unspecified atom stereocenters. The first-order chi connectivity index (χ1) is 15.7. The van der Waals surface area contributed by atoms with Crippen molar-refractivity contribution in [2.24, 2.45) is 5.84 Å². The quantitative estimate of drug-likeness (QED) is 0.173. The van der Waals surface area contributed by atoms with Gasteiger partial charge in [0.15, 0.2) is 0 Å². The molecule has 5 N–H and O–H groups in total. The van der Waals surface area contributed by atoms with Crippen molar-refractivity contribution in [3.8, 4) is 33.4 Å². The maximum absolute atomic E-state index is 12.3. The minimum absolute atomic E-state index is 0.524. The summed E-state index contributed by atoms with van der Waals surface area (Å²) < 4.78 is 0. The minimum Gasteiger partial charge on any atom is -0.398 e. The van der Waals surface area contributed by atoms with E-state index < -0.39 is 6.03 Å². The van der Waals surface area contributed by atoms with Gasteiger partial charge in [-0.15, -0.1) is 10.2 Å². The van der Waals surface area contributed by atoms with Gasteiger partial charge >= 0.3 is 6.03 Å². The predicted octanol–water partition coefficient (Wildman–Crippen LogP) is 4.45. The van der Waals surface area contributed by atoms with E-state index in [-0.39, 0.29) is 0 Å². The molecule has 0 fully saturated rings. The van der Waals surface area contributed by atoms with Gasteiger partial charge in [-0.05, 0) is 16.7 Å². The third-order valence-corrected chi connectivity index (χ3v) is 5.37. The van der Waals surface area contributed by atoms with E-state index in [4.69, 9.17) is 11.6 Å². The van der Waals surface area contributed by atoms with E-state index in [0.29, 0.717) is 16.7 Å². The molecule has 1 amide bonds. The van der Waals surface area contributed by atoms with Crippen molar-refractivity contribution >= 4 is 22.8 Å². The average Bonchev–Trinajstić information content (AvgIpc) is 3.29. The van der Waals surface area contributed by atoms with Gasteiger partial charge in [0.1, 0.15) is 11.0 Å². The summed E-state index contributed by atoms with van der Waals surface area (Å²) in [5.74, 6) is 5.35. The molecule has 4 aromatic carbocycles. The van der Waals surface area contributed by atoms with Crippen molar-refractivity contribution in [1.29, 1.82) is 0 Å². The summed E-state index contributed by atoms with van der Waals surface area (Å²) in [7, 11) is 0. The monoisotopic (exact) mass is 420 g/mol. The normalized spacial score (nSPS) is 10.9. The zero-order valence-corrected chi connectivity index (χ0v) is 17.1. The number of carbonyl (C=O) groups is 1. The number of hydrazine groups is 1. The number of nitrogens with zero attached hydrogens (tertiary/aromatic N) is 3. The second kappa shape index (κ2) is 7.98. The lowest BCUT2D eigenvalue weighted by atomic mass is 9.87. The highest BCUT2D eigenvalue weighted by Gasteiger charge is 2.25. The first-order valence-electron chi connectivity index (χ1n) is 10.1. The second-order valence-electron chi connectivity index (χ2n) is 7.27. The van der Waals surface area contributed by atoms with E-state index in [1.54, 1.807) is 0 Å². The molecule has 0 bridgehead atoms. The van der Waals surface area contributed by atoms with Crippen LogP contribution in [0.4, 0.5) is 10.5 Å². The fourth-order valence-electron chi connectivity index (χ4n) is 3.99. The lowest BCUT2D eigenvalue weighted by molar-refractivity contribution is 0.236. The molecule has 1 heterocycles. The van der Waals surface area contributed by atoms with Gasteiger partial charge < -0.3 is 5.73 Å². The van der Waals surface area contributed by atoms with E-state index in [1.165, 1.54) is 0 Å². The summed E-state index contributed by atoms with van der Waals surface area (Å²) in [5, 5.41) is 9.01. The van der Waals surface area contributed by atoms with Crippen LogP contribution in [0.25, 0.3) is 44.4 Å². The van der Waals surface area contributed by atoms with Gasteiger partial charge in [-0.2, -0.15) is 0 Å². The van der Waals surface area contributed by atoms with Crippen molar-refractivity contribution in [2.75, 3.05) is 5.73 Å². The van der Waals surface area contributed by atoms with Crippen LogP contribution >= 0.6 is 0 Å². The van der Waals surface area contributed by atoms with Crippen LogP contribution in [0, 0.1) is 0 Å². The van der Waals surface area contributed by atoms with Crippen LogP contribution in [0.15, 0.2) is 91.0 Å². The Morgan fingerprint density at radius 1 is 0.656 bits per heavy atom. The number of anilines is 1. The van der Waals surface area contributed by atoms with Crippen molar-refractivity contribution < 1.29 is 4.79 Å². The largest absolute Gasteiger partial charge is 0.398 e. The van der Waals surface area contributed by atoms with Gasteiger partial charge in [0, 0.05) is 16.7 Å². The summed E-state index contributed by atoms with van der Waals surface area (Å²) in [6, 6.07) is 28.8. The molecule has 0 spiro atoms. The van der Waals surface area contributed by atoms with E-state index >= 15 is 0 Å². The number of hydrogen-bond donors (Lipinski definition) is 3. The van der Waals surface area contributed by atoms with Crippen LogP contribution in [0.3, 0.4) is 0 Å². The first-order valence-corrected chi connectivity index (χ1v) is 10.1. The Morgan fingerprint density at radius 2 is 1.06 bits per heavy atom. The van der Waals surface area contributed by atoms with Gasteiger partial charge in [-0.25, -0.2) is 10.6 Å². The molecule has 0 atom stereocenters. The molecule has 0 saturated heterocycles. The fourth-order valence-corrected chi connectivity index (χ4v) is 3.99. The lowest BCUT2D eigenvalue weighted by Gasteiger charge is -2.18.